The molecule has 2 aliphatic heterocycles. The van der Waals surface area contributed by atoms with Crippen molar-refractivity contribution in [2.24, 2.45) is 11.8 Å². The largest absolute Gasteiger partial charge is 0.462 e. The normalized spacial score (nSPS) is 34.4. The van der Waals surface area contributed by atoms with Gasteiger partial charge in [-0.3, -0.25) is 14.6 Å². The van der Waals surface area contributed by atoms with Gasteiger partial charge in [0.25, 0.3) is 0 Å². The Labute approximate surface area is 309 Å². The minimum Gasteiger partial charge on any atom is -0.462 e. The van der Waals surface area contributed by atoms with Crippen LogP contribution in [0.3, 0.4) is 0 Å². The van der Waals surface area contributed by atoms with E-state index in [4.69, 9.17) is 14.2 Å². The van der Waals surface area contributed by atoms with Crippen molar-refractivity contribution < 1.29 is 23.8 Å². The molecule has 284 valence electrons. The lowest BCUT2D eigenvalue weighted by Gasteiger charge is -2.59. The van der Waals surface area contributed by atoms with Crippen LogP contribution in [0.25, 0.3) is 0 Å². The third-order valence-electron chi connectivity index (χ3n) is 14.5. The molecule has 9 atom stereocenters. The van der Waals surface area contributed by atoms with Gasteiger partial charge in [0.05, 0.1) is 13.0 Å². The van der Waals surface area contributed by atoms with Crippen LogP contribution >= 0.6 is 0 Å². The van der Waals surface area contributed by atoms with Crippen LogP contribution < -0.4 is 0 Å². The summed E-state index contributed by atoms with van der Waals surface area (Å²) in [6.07, 6.45) is 4.44. The van der Waals surface area contributed by atoms with E-state index in [0.717, 1.165) is 43.2 Å². The average Bonchev–Trinajstić information content (AvgIpc) is 3.14. The zero-order valence-electron chi connectivity index (χ0n) is 33.9. The number of hydrogen-bond acceptors (Lipinski definition) is 7. The smallest absolute Gasteiger partial charge is 0.339 e. The van der Waals surface area contributed by atoms with Crippen LogP contribution in [0.2, 0.25) is 0 Å². The Kier molecular flexibility index (Phi) is 12.9. The van der Waals surface area contributed by atoms with Crippen LogP contribution in [0.1, 0.15) is 125 Å². The Bertz CT molecular complexity index is 1450. The molecule has 2 saturated heterocycles. The molecule has 2 fully saturated rings. The Morgan fingerprint density at radius 2 is 1.12 bits per heavy atom. The Morgan fingerprint density at radius 3 is 1.55 bits per heavy atom. The summed E-state index contributed by atoms with van der Waals surface area (Å²) in [6, 6.07) is 19.7. The summed E-state index contributed by atoms with van der Waals surface area (Å²) >= 11 is 0. The monoisotopic (exact) mass is 705 g/mol. The number of ether oxygens (including phenoxy) is 3. The van der Waals surface area contributed by atoms with Crippen molar-refractivity contribution >= 4 is 11.9 Å². The van der Waals surface area contributed by atoms with Crippen molar-refractivity contribution in [2.75, 3.05) is 14.1 Å². The van der Waals surface area contributed by atoms with Gasteiger partial charge in [-0.1, -0.05) is 102 Å². The molecule has 7 nitrogen and oxygen atoms in total. The van der Waals surface area contributed by atoms with Gasteiger partial charge >= 0.3 is 11.9 Å². The number of hydrogen-bond donors (Lipinski definition) is 0. The summed E-state index contributed by atoms with van der Waals surface area (Å²) in [7, 11) is 4.41. The summed E-state index contributed by atoms with van der Waals surface area (Å²) < 4.78 is 20.0. The van der Waals surface area contributed by atoms with E-state index in [1.807, 2.05) is 60.7 Å². The third-order valence-corrected chi connectivity index (χ3v) is 14.5. The molecule has 0 N–H and O–H groups in total. The van der Waals surface area contributed by atoms with Crippen LogP contribution in [-0.4, -0.2) is 75.8 Å². The first-order chi connectivity index (χ1) is 24.0. The first-order valence-electron chi connectivity index (χ1n) is 19.6. The molecule has 2 aromatic carbocycles. The second kappa shape index (κ2) is 16.1. The molecule has 7 heteroatoms. The number of nitrogens with zero attached hydrogens (tertiary/aromatic N) is 2. The van der Waals surface area contributed by atoms with E-state index in [9.17, 15) is 4.79 Å². The van der Waals surface area contributed by atoms with Crippen LogP contribution in [0, 0.1) is 11.8 Å². The van der Waals surface area contributed by atoms with E-state index in [1.54, 1.807) is 0 Å². The van der Waals surface area contributed by atoms with E-state index in [1.165, 1.54) is 0 Å². The molecule has 0 bridgehead atoms. The van der Waals surface area contributed by atoms with Gasteiger partial charge in [-0.15, -0.1) is 0 Å². The quantitative estimate of drug-likeness (QED) is 0.182. The highest BCUT2D eigenvalue weighted by molar-refractivity contribution is 5.86. The van der Waals surface area contributed by atoms with Crippen LogP contribution in [-0.2, 0) is 36.8 Å². The molecule has 0 aromatic heterocycles. The first-order valence-corrected chi connectivity index (χ1v) is 19.6. The van der Waals surface area contributed by atoms with Gasteiger partial charge in [0, 0.05) is 53.3 Å². The fraction of sp³-hybridized carbons (Fsp3) is 0.682. The maximum Gasteiger partial charge on any atom is 0.339 e. The molecule has 4 rings (SSSR count). The van der Waals surface area contributed by atoms with Gasteiger partial charge in [-0.05, 0) is 78.6 Å². The van der Waals surface area contributed by atoms with Gasteiger partial charge < -0.3 is 14.2 Å². The molecule has 2 heterocycles. The lowest BCUT2D eigenvalue weighted by molar-refractivity contribution is -0.204. The zero-order valence-corrected chi connectivity index (χ0v) is 33.9. The van der Waals surface area contributed by atoms with E-state index in [-0.39, 0.29) is 65.6 Å². The van der Waals surface area contributed by atoms with Gasteiger partial charge in [0.2, 0.25) is 0 Å². The lowest BCUT2D eigenvalue weighted by atomic mass is 9.68. The Hall–Kier alpha value is -2.74. The molecular formula is C44H68N2O5. The predicted octanol–water partition coefficient (Wildman–Crippen LogP) is 9.02. The summed E-state index contributed by atoms with van der Waals surface area (Å²) in [5, 5.41) is 0. The number of carbonyl (C=O) groups is 2. The molecule has 0 aliphatic carbocycles. The highest BCUT2D eigenvalue weighted by Crippen LogP contribution is 2.47. The molecule has 0 spiro atoms. The Morgan fingerprint density at radius 1 is 0.686 bits per heavy atom. The van der Waals surface area contributed by atoms with E-state index in [2.05, 4.69) is 93.1 Å². The second-order valence-corrected chi connectivity index (χ2v) is 16.8. The number of piperidine rings is 2. The molecule has 0 radical (unpaired) electrons. The summed E-state index contributed by atoms with van der Waals surface area (Å²) in [5.74, 6) is -0.770. The van der Waals surface area contributed by atoms with Crippen molar-refractivity contribution in [3.63, 3.8) is 0 Å². The topological polar surface area (TPSA) is 68.3 Å². The number of esters is 2. The predicted molar refractivity (Wildman–Crippen MR) is 206 cm³/mol. The molecular weight excluding hydrogens is 636 g/mol. The van der Waals surface area contributed by atoms with Crippen LogP contribution in [0.5, 0.6) is 0 Å². The Balaban J connectivity index is 1.74. The number of rotatable bonds is 14. The molecule has 51 heavy (non-hydrogen) atoms. The summed E-state index contributed by atoms with van der Waals surface area (Å²) in [6.45, 7) is 22.5. The number of likely N-dealkylation sites (tertiary alicyclic amines) is 2. The highest BCUT2D eigenvalue weighted by Gasteiger charge is 2.55. The zero-order chi connectivity index (χ0) is 37.8. The maximum absolute atomic E-state index is 15.0. The summed E-state index contributed by atoms with van der Waals surface area (Å²) in [4.78, 5) is 34.5. The number of carbonyl (C=O) groups excluding carboxylic acids is 2. The van der Waals surface area contributed by atoms with Crippen LogP contribution in [0.4, 0.5) is 0 Å². The van der Waals surface area contributed by atoms with E-state index in [0.29, 0.717) is 6.42 Å². The highest BCUT2D eigenvalue weighted by atomic mass is 16.6. The van der Waals surface area contributed by atoms with Gasteiger partial charge in [-0.2, -0.15) is 0 Å². The third kappa shape index (κ3) is 8.11. The lowest BCUT2D eigenvalue weighted by Crippen LogP contribution is -2.67. The first kappa shape index (κ1) is 41.0. The minimum absolute atomic E-state index is 0.0603. The fourth-order valence-electron chi connectivity index (χ4n) is 9.09. The average molecular weight is 705 g/mol. The van der Waals surface area contributed by atoms with E-state index < -0.39 is 17.5 Å². The van der Waals surface area contributed by atoms with Crippen molar-refractivity contribution in [2.45, 2.75) is 167 Å². The van der Waals surface area contributed by atoms with Crippen LogP contribution in [0.15, 0.2) is 60.7 Å². The number of benzene rings is 2. The van der Waals surface area contributed by atoms with Crippen molar-refractivity contribution in [1.29, 1.82) is 0 Å². The molecule has 0 saturated carbocycles. The summed E-state index contributed by atoms with van der Waals surface area (Å²) in [5.41, 5.74) is -0.401. The fourth-order valence-corrected chi connectivity index (χ4v) is 9.09. The standard InChI is InChI=1S/C44H68N2O5/c1-13-40(7)28-36(32(5)42(9,15-3)45(40)11)50-38(47)30-44(27-34-23-19-17-20-24-34,49-31-35-25-21-18-22-26-35)39(48)51-37-29-41(8,14-2)46(12)43(10,16-4)33(37)6/h17-26,32-33,36-37H,13-16,27-31H2,1-12H3. The van der Waals surface area contributed by atoms with Gasteiger partial charge in [-0.25, -0.2) is 4.79 Å². The second-order valence-electron chi connectivity index (χ2n) is 16.8. The van der Waals surface area contributed by atoms with Gasteiger partial charge in [0.15, 0.2) is 5.60 Å². The molecule has 0 amide bonds. The van der Waals surface area contributed by atoms with Crippen molar-refractivity contribution in [1.82, 2.24) is 9.80 Å². The van der Waals surface area contributed by atoms with Crippen molar-refractivity contribution in [3.8, 4) is 0 Å². The molecule has 2 aromatic rings. The van der Waals surface area contributed by atoms with Crippen molar-refractivity contribution in [3.05, 3.63) is 71.8 Å². The molecule has 2 aliphatic rings. The SMILES string of the molecule is CCC1(C)CC(OC(=O)CC(Cc2ccccc2)(OCc2ccccc2)C(=O)OC2CC(C)(CC)N(C)C(C)(CC)C2C)C(C)C(C)(CC)N1C. The van der Waals surface area contributed by atoms with Gasteiger partial charge in [0.1, 0.15) is 12.2 Å². The maximum atomic E-state index is 15.0. The van der Waals surface area contributed by atoms with E-state index >= 15 is 4.79 Å². The minimum atomic E-state index is -1.60. The molecule has 9 unspecified atom stereocenters.